The highest BCUT2D eigenvalue weighted by molar-refractivity contribution is 8.00. The molecule has 0 unspecified atom stereocenters. The second kappa shape index (κ2) is 11.4. The van der Waals surface area contributed by atoms with Crippen LogP contribution in [0.15, 0.2) is 0 Å². The molecule has 2 aliphatic heterocycles. The zero-order valence-corrected chi connectivity index (χ0v) is 18.1. The van der Waals surface area contributed by atoms with Gasteiger partial charge in [0.2, 0.25) is 0 Å². The predicted molar refractivity (Wildman–Crippen MR) is 113 cm³/mol. The lowest BCUT2D eigenvalue weighted by molar-refractivity contribution is -0.914. The van der Waals surface area contributed by atoms with Crippen molar-refractivity contribution in [2.45, 2.75) is 51.4 Å². The van der Waals surface area contributed by atoms with E-state index in [0.717, 1.165) is 0 Å². The van der Waals surface area contributed by atoms with Crippen molar-refractivity contribution in [3.8, 4) is 0 Å². The number of thioether (sulfide) groups is 2. The summed E-state index contributed by atoms with van der Waals surface area (Å²) in [5.41, 5.74) is 0. The summed E-state index contributed by atoms with van der Waals surface area (Å²) in [6.45, 7) is 8.52. The summed E-state index contributed by atoms with van der Waals surface area (Å²) in [6.07, 6.45) is 11.6. The lowest BCUT2D eigenvalue weighted by Crippen LogP contribution is -2.49. The molecule has 0 aliphatic carbocycles. The fraction of sp³-hybridized carbons (Fsp3) is 1.00. The number of hydrogen-bond acceptors (Lipinski definition) is 2. The summed E-state index contributed by atoms with van der Waals surface area (Å²) >= 11 is 4.40. The van der Waals surface area contributed by atoms with Crippen molar-refractivity contribution in [3.63, 3.8) is 0 Å². The molecule has 2 aliphatic rings. The predicted octanol–water partition coefficient (Wildman–Crippen LogP) is 4.49. The van der Waals surface area contributed by atoms with Crippen LogP contribution in [-0.4, -0.2) is 85.3 Å². The Morgan fingerprint density at radius 3 is 1.58 bits per heavy atom. The Hall–Kier alpha value is 0.620. The zero-order chi connectivity index (χ0) is 17.1. The highest BCUT2D eigenvalue weighted by Crippen LogP contribution is 2.19. The molecule has 0 aromatic carbocycles. The maximum absolute atomic E-state index is 2.48. The van der Waals surface area contributed by atoms with Crippen molar-refractivity contribution in [2.75, 3.05) is 76.4 Å². The normalized spacial score (nSPS) is 23.2. The van der Waals surface area contributed by atoms with E-state index in [1.54, 1.807) is 0 Å². The smallest absolute Gasteiger partial charge is 0.0876 e. The summed E-state index contributed by atoms with van der Waals surface area (Å²) in [6, 6.07) is 0. The first-order valence-corrected chi connectivity index (χ1v) is 12.8. The van der Waals surface area contributed by atoms with Gasteiger partial charge in [-0.05, 0) is 62.2 Å². The SMILES string of the molecule is C[N+]1(CCCSCCCSCC[N+]2(C)CCCCC2)CCCCC1. The average molecular weight is 375 g/mol. The van der Waals surface area contributed by atoms with Crippen molar-refractivity contribution in [2.24, 2.45) is 0 Å². The van der Waals surface area contributed by atoms with Gasteiger partial charge in [-0.1, -0.05) is 0 Å². The highest BCUT2D eigenvalue weighted by atomic mass is 32.2. The van der Waals surface area contributed by atoms with Gasteiger partial charge in [0.1, 0.15) is 0 Å². The number of piperidine rings is 2. The molecule has 0 bridgehead atoms. The van der Waals surface area contributed by atoms with Gasteiger partial charge in [0.05, 0.1) is 53.4 Å². The maximum Gasteiger partial charge on any atom is 0.0876 e. The van der Waals surface area contributed by atoms with E-state index < -0.39 is 0 Å². The fourth-order valence-electron chi connectivity index (χ4n) is 4.30. The molecule has 24 heavy (non-hydrogen) atoms. The van der Waals surface area contributed by atoms with Crippen molar-refractivity contribution < 1.29 is 8.97 Å². The van der Waals surface area contributed by atoms with Gasteiger partial charge in [0.25, 0.3) is 0 Å². The molecule has 0 aromatic rings. The molecule has 2 fully saturated rings. The van der Waals surface area contributed by atoms with Gasteiger partial charge in [0, 0.05) is 12.2 Å². The molecule has 0 saturated carbocycles. The van der Waals surface area contributed by atoms with E-state index in [-0.39, 0.29) is 0 Å². The molecule has 2 nitrogen and oxygen atoms in total. The average Bonchev–Trinajstić information content (AvgIpc) is 2.58. The van der Waals surface area contributed by atoms with E-state index in [1.807, 2.05) is 0 Å². The van der Waals surface area contributed by atoms with E-state index in [2.05, 4.69) is 37.6 Å². The summed E-state index contributed by atoms with van der Waals surface area (Å²) in [7, 11) is 4.95. The topological polar surface area (TPSA) is 0 Å². The van der Waals surface area contributed by atoms with Crippen LogP contribution >= 0.6 is 23.5 Å². The van der Waals surface area contributed by atoms with Gasteiger partial charge < -0.3 is 8.97 Å². The van der Waals surface area contributed by atoms with Crippen molar-refractivity contribution in [1.29, 1.82) is 0 Å². The fourth-order valence-corrected chi connectivity index (χ4v) is 6.49. The molecule has 0 radical (unpaired) electrons. The number of nitrogens with zero attached hydrogens (tertiary/aromatic N) is 2. The first-order chi connectivity index (χ1) is 11.6. The van der Waals surface area contributed by atoms with Gasteiger partial charge in [-0.25, -0.2) is 0 Å². The van der Waals surface area contributed by atoms with E-state index in [0.29, 0.717) is 0 Å². The van der Waals surface area contributed by atoms with Gasteiger partial charge in [-0.15, -0.1) is 0 Å². The third-order valence-corrected chi connectivity index (χ3v) is 8.33. The second-order valence-corrected chi connectivity index (χ2v) is 11.1. The van der Waals surface area contributed by atoms with Crippen LogP contribution in [0.4, 0.5) is 0 Å². The van der Waals surface area contributed by atoms with Gasteiger partial charge >= 0.3 is 0 Å². The van der Waals surface area contributed by atoms with Gasteiger partial charge in [-0.3, -0.25) is 0 Å². The summed E-state index contributed by atoms with van der Waals surface area (Å²) in [5, 5.41) is 0. The molecular formula is C20H42N2S2+2. The number of likely N-dealkylation sites (tertiary alicyclic amines) is 2. The van der Waals surface area contributed by atoms with Crippen LogP contribution in [-0.2, 0) is 0 Å². The van der Waals surface area contributed by atoms with E-state index in [9.17, 15) is 0 Å². The first-order valence-electron chi connectivity index (χ1n) is 10.4. The third-order valence-electron chi connectivity index (χ3n) is 6.13. The van der Waals surface area contributed by atoms with Crippen LogP contribution in [0.1, 0.15) is 51.4 Å². The molecule has 0 aromatic heterocycles. The van der Waals surface area contributed by atoms with Crippen LogP contribution in [0.5, 0.6) is 0 Å². The minimum absolute atomic E-state index is 1.35. The monoisotopic (exact) mass is 374 g/mol. The number of quaternary nitrogens is 2. The zero-order valence-electron chi connectivity index (χ0n) is 16.4. The first kappa shape index (κ1) is 20.9. The minimum atomic E-state index is 1.35. The Morgan fingerprint density at radius 1 is 0.542 bits per heavy atom. The molecule has 2 rings (SSSR count). The molecule has 0 atom stereocenters. The van der Waals surface area contributed by atoms with Crippen molar-refractivity contribution in [3.05, 3.63) is 0 Å². The van der Waals surface area contributed by atoms with Crippen LogP contribution in [0.25, 0.3) is 0 Å². The molecule has 0 N–H and O–H groups in total. The van der Waals surface area contributed by atoms with E-state index in [1.165, 1.54) is 123 Å². The summed E-state index contributed by atoms with van der Waals surface area (Å²) in [5.74, 6) is 5.51. The Bertz CT molecular complexity index is 292. The lowest BCUT2D eigenvalue weighted by Gasteiger charge is -2.37. The molecule has 0 amide bonds. The Labute approximate surface area is 160 Å². The molecular weight excluding hydrogens is 332 g/mol. The summed E-state index contributed by atoms with van der Waals surface area (Å²) in [4.78, 5) is 0. The molecule has 0 spiro atoms. The quantitative estimate of drug-likeness (QED) is 0.386. The molecule has 2 heterocycles. The third kappa shape index (κ3) is 8.33. The molecule has 4 heteroatoms. The Kier molecular flexibility index (Phi) is 9.90. The standard InChI is InChI=1S/C20H42N2S2/c1-21(11-5-3-6-12-21)15-9-17-23-18-10-19-24-20-16-22(2)13-7-4-8-14-22/h3-20H2,1-2H3/q+2. The molecule has 2 saturated heterocycles. The van der Waals surface area contributed by atoms with Crippen LogP contribution < -0.4 is 0 Å². The highest BCUT2D eigenvalue weighted by Gasteiger charge is 2.24. The second-order valence-electron chi connectivity index (χ2n) is 8.63. The maximum atomic E-state index is 2.48. The number of hydrogen-bond donors (Lipinski definition) is 0. The van der Waals surface area contributed by atoms with E-state index in [4.69, 9.17) is 0 Å². The van der Waals surface area contributed by atoms with Crippen molar-refractivity contribution in [1.82, 2.24) is 0 Å². The van der Waals surface area contributed by atoms with E-state index >= 15 is 0 Å². The van der Waals surface area contributed by atoms with Crippen LogP contribution in [0, 0.1) is 0 Å². The van der Waals surface area contributed by atoms with Gasteiger partial charge in [-0.2, -0.15) is 23.5 Å². The Balaban J connectivity index is 1.36. The minimum Gasteiger partial charge on any atom is -0.326 e. The summed E-state index contributed by atoms with van der Waals surface area (Å²) < 4.78 is 2.70. The van der Waals surface area contributed by atoms with Crippen LogP contribution in [0.3, 0.4) is 0 Å². The van der Waals surface area contributed by atoms with Crippen LogP contribution in [0.2, 0.25) is 0 Å². The number of rotatable bonds is 11. The largest absolute Gasteiger partial charge is 0.326 e. The lowest BCUT2D eigenvalue weighted by atomic mass is 10.1. The Morgan fingerprint density at radius 2 is 1.00 bits per heavy atom. The molecule has 142 valence electrons. The van der Waals surface area contributed by atoms with Crippen molar-refractivity contribution >= 4 is 23.5 Å². The van der Waals surface area contributed by atoms with Gasteiger partial charge in [0.15, 0.2) is 0 Å².